The Kier molecular flexibility index (Phi) is 2.85. The maximum Gasteiger partial charge on any atom is 0.140 e. The Hall–Kier alpha value is -2.09. The Labute approximate surface area is 106 Å². The van der Waals surface area contributed by atoms with E-state index in [1.807, 2.05) is 12.1 Å². The Bertz CT molecular complexity index is 628. The minimum Gasteiger partial charge on any atom is -0.388 e. The molecule has 90 valence electrons. The molecule has 1 fully saturated rings. The van der Waals surface area contributed by atoms with Gasteiger partial charge in [-0.1, -0.05) is 36.4 Å². The van der Waals surface area contributed by atoms with Crippen molar-refractivity contribution in [2.45, 2.75) is 12.8 Å². The van der Waals surface area contributed by atoms with Gasteiger partial charge in [-0.25, -0.2) is 0 Å². The van der Waals surface area contributed by atoms with Crippen LogP contribution in [0.1, 0.15) is 18.4 Å². The second kappa shape index (κ2) is 4.65. The van der Waals surface area contributed by atoms with Gasteiger partial charge >= 0.3 is 0 Å². The van der Waals surface area contributed by atoms with Crippen LogP contribution in [-0.4, -0.2) is 12.3 Å². The molecular formula is C16H15NO. The first-order chi connectivity index (χ1) is 8.81. The van der Waals surface area contributed by atoms with Crippen molar-refractivity contribution in [3.05, 3.63) is 53.7 Å². The summed E-state index contributed by atoms with van der Waals surface area (Å²) in [7, 11) is 0. The van der Waals surface area contributed by atoms with Crippen LogP contribution in [0.2, 0.25) is 0 Å². The molecular weight excluding hydrogens is 222 g/mol. The molecule has 0 radical (unpaired) electrons. The van der Waals surface area contributed by atoms with Gasteiger partial charge in [0.05, 0.1) is 0 Å². The summed E-state index contributed by atoms with van der Waals surface area (Å²) < 4.78 is 0. The monoisotopic (exact) mass is 237 g/mol. The largest absolute Gasteiger partial charge is 0.388 e. The molecule has 0 saturated carbocycles. The van der Waals surface area contributed by atoms with E-state index in [0.717, 1.165) is 17.8 Å². The maximum absolute atomic E-state index is 11.4. The highest BCUT2D eigenvalue weighted by Crippen LogP contribution is 2.18. The van der Waals surface area contributed by atoms with Gasteiger partial charge in [0.25, 0.3) is 0 Å². The van der Waals surface area contributed by atoms with Gasteiger partial charge in [-0.2, -0.15) is 0 Å². The highest BCUT2D eigenvalue weighted by atomic mass is 16.1. The fourth-order valence-electron chi connectivity index (χ4n) is 2.33. The van der Waals surface area contributed by atoms with E-state index >= 15 is 0 Å². The number of ketones is 1. The van der Waals surface area contributed by atoms with Crippen molar-refractivity contribution >= 4 is 22.6 Å². The number of benzene rings is 2. The molecule has 1 heterocycles. The van der Waals surface area contributed by atoms with E-state index in [0.29, 0.717) is 18.6 Å². The average molecular weight is 237 g/mol. The molecule has 0 bridgehead atoms. The van der Waals surface area contributed by atoms with Gasteiger partial charge in [0, 0.05) is 25.1 Å². The fraction of sp³-hybridized carbons (Fsp3) is 0.188. The van der Waals surface area contributed by atoms with E-state index in [2.05, 4.69) is 41.7 Å². The van der Waals surface area contributed by atoms with E-state index in [1.54, 1.807) is 0 Å². The number of allylic oxidation sites excluding steroid dienone is 1. The number of nitrogens with one attached hydrogen (secondary N) is 1. The lowest BCUT2D eigenvalue weighted by molar-refractivity contribution is -0.119. The van der Waals surface area contributed by atoms with Crippen molar-refractivity contribution < 1.29 is 4.79 Å². The van der Waals surface area contributed by atoms with Gasteiger partial charge in [-0.15, -0.1) is 0 Å². The summed E-state index contributed by atoms with van der Waals surface area (Å²) in [6.45, 7) is 0.762. The quantitative estimate of drug-likeness (QED) is 0.825. The van der Waals surface area contributed by atoms with Crippen LogP contribution in [0.4, 0.5) is 0 Å². The number of hydrogen-bond acceptors (Lipinski definition) is 2. The number of fused-ring (bicyclic) bond motifs is 1. The molecule has 0 atom stereocenters. The predicted molar refractivity (Wildman–Crippen MR) is 74.2 cm³/mol. The van der Waals surface area contributed by atoms with Gasteiger partial charge < -0.3 is 5.32 Å². The average Bonchev–Trinajstić information content (AvgIpc) is 2.39. The van der Waals surface area contributed by atoms with E-state index in [-0.39, 0.29) is 0 Å². The number of piperidine rings is 1. The molecule has 2 aromatic carbocycles. The van der Waals surface area contributed by atoms with Crippen LogP contribution in [-0.2, 0) is 4.79 Å². The van der Waals surface area contributed by atoms with Crippen LogP contribution in [0, 0.1) is 0 Å². The Balaban J connectivity index is 1.94. The second-order valence-electron chi connectivity index (χ2n) is 4.67. The molecule has 0 aromatic heterocycles. The van der Waals surface area contributed by atoms with Crippen molar-refractivity contribution in [1.82, 2.24) is 5.32 Å². The lowest BCUT2D eigenvalue weighted by Crippen LogP contribution is -2.25. The minimum absolute atomic E-state index is 0.320. The highest BCUT2D eigenvalue weighted by molar-refractivity contribution is 5.86. The summed E-state index contributed by atoms with van der Waals surface area (Å²) in [4.78, 5) is 11.4. The van der Waals surface area contributed by atoms with Crippen molar-refractivity contribution in [3.8, 4) is 0 Å². The van der Waals surface area contributed by atoms with E-state index < -0.39 is 0 Å². The van der Waals surface area contributed by atoms with Gasteiger partial charge in [0.15, 0.2) is 0 Å². The molecule has 2 heteroatoms. The molecule has 2 nitrogen and oxygen atoms in total. The molecule has 18 heavy (non-hydrogen) atoms. The summed E-state index contributed by atoms with van der Waals surface area (Å²) in [6.07, 6.45) is 3.26. The third kappa shape index (κ3) is 2.28. The van der Waals surface area contributed by atoms with E-state index in [9.17, 15) is 4.79 Å². The Morgan fingerprint density at radius 1 is 1.06 bits per heavy atom. The van der Waals surface area contributed by atoms with Crippen LogP contribution >= 0.6 is 0 Å². The van der Waals surface area contributed by atoms with Crippen molar-refractivity contribution in [3.63, 3.8) is 0 Å². The highest BCUT2D eigenvalue weighted by Gasteiger charge is 2.11. The van der Waals surface area contributed by atoms with Crippen LogP contribution in [0.15, 0.2) is 48.2 Å². The molecule has 0 aliphatic carbocycles. The number of rotatable bonds is 1. The van der Waals surface area contributed by atoms with Crippen molar-refractivity contribution in [1.29, 1.82) is 0 Å². The SMILES string of the molecule is O=C1CCNC(=Cc2ccc3ccccc3c2)C1. The molecule has 3 rings (SSSR count). The maximum atomic E-state index is 11.4. The van der Waals surface area contributed by atoms with Gasteiger partial charge in [0.2, 0.25) is 0 Å². The minimum atomic E-state index is 0.320. The first-order valence-electron chi connectivity index (χ1n) is 6.26. The second-order valence-corrected chi connectivity index (χ2v) is 4.67. The standard InChI is InChI=1S/C16H15NO/c18-16-7-8-17-15(11-16)10-12-5-6-13-3-1-2-4-14(13)9-12/h1-6,9-10,17H,7-8,11H2. The predicted octanol–water partition coefficient (Wildman–Crippen LogP) is 3.13. The van der Waals surface area contributed by atoms with Gasteiger partial charge in [-0.05, 0) is 28.5 Å². The molecule has 1 aliphatic heterocycles. The number of hydrogen-bond donors (Lipinski definition) is 1. The number of Topliss-reactive ketones (excluding diaryl/α,β-unsaturated/α-hetero) is 1. The molecule has 0 unspecified atom stereocenters. The van der Waals surface area contributed by atoms with Crippen LogP contribution in [0.25, 0.3) is 16.8 Å². The number of carbonyl (C=O) groups excluding carboxylic acids is 1. The summed E-state index contributed by atoms with van der Waals surface area (Å²) in [5.74, 6) is 0.320. The smallest absolute Gasteiger partial charge is 0.140 e. The zero-order valence-corrected chi connectivity index (χ0v) is 10.1. The van der Waals surface area contributed by atoms with Crippen molar-refractivity contribution in [2.75, 3.05) is 6.54 Å². The van der Waals surface area contributed by atoms with Gasteiger partial charge in [0.1, 0.15) is 5.78 Å². The van der Waals surface area contributed by atoms with E-state index in [1.165, 1.54) is 10.8 Å². The molecule has 1 saturated heterocycles. The summed E-state index contributed by atoms with van der Waals surface area (Å²) in [5, 5.41) is 5.76. The lowest BCUT2D eigenvalue weighted by Gasteiger charge is -2.15. The van der Waals surface area contributed by atoms with Crippen LogP contribution < -0.4 is 5.32 Å². The van der Waals surface area contributed by atoms with Crippen LogP contribution in [0.5, 0.6) is 0 Å². The van der Waals surface area contributed by atoms with E-state index in [4.69, 9.17) is 0 Å². The lowest BCUT2D eigenvalue weighted by atomic mass is 10.0. The first-order valence-corrected chi connectivity index (χ1v) is 6.26. The van der Waals surface area contributed by atoms with Crippen LogP contribution in [0.3, 0.4) is 0 Å². The summed E-state index contributed by atoms with van der Waals surface area (Å²) in [5.41, 5.74) is 2.17. The Morgan fingerprint density at radius 3 is 2.72 bits per heavy atom. The van der Waals surface area contributed by atoms with Gasteiger partial charge in [-0.3, -0.25) is 4.79 Å². The third-order valence-electron chi connectivity index (χ3n) is 3.26. The molecule has 1 aliphatic rings. The molecule has 2 aromatic rings. The summed E-state index contributed by atoms with van der Waals surface area (Å²) >= 11 is 0. The third-order valence-corrected chi connectivity index (χ3v) is 3.26. The zero-order chi connectivity index (χ0) is 12.4. The number of carbonyl (C=O) groups is 1. The molecule has 0 spiro atoms. The fourth-order valence-corrected chi connectivity index (χ4v) is 2.33. The molecule has 1 N–H and O–H groups in total. The molecule has 0 amide bonds. The first kappa shape index (κ1) is 11.0. The van der Waals surface area contributed by atoms with Crippen molar-refractivity contribution in [2.24, 2.45) is 0 Å². The topological polar surface area (TPSA) is 29.1 Å². The summed E-state index contributed by atoms with van der Waals surface area (Å²) in [6, 6.07) is 14.7. The Morgan fingerprint density at radius 2 is 1.89 bits per heavy atom. The normalized spacial score (nSPS) is 18.0. The zero-order valence-electron chi connectivity index (χ0n) is 10.1.